The molecule has 0 bridgehead atoms. The summed E-state index contributed by atoms with van der Waals surface area (Å²) in [6.07, 6.45) is 1.76. The molecule has 4 heteroatoms. The average molecular weight is 382 g/mol. The summed E-state index contributed by atoms with van der Waals surface area (Å²) in [4.78, 5) is 9.07. The fourth-order valence-corrected chi connectivity index (χ4v) is 2.72. The van der Waals surface area contributed by atoms with Crippen LogP contribution in [-0.2, 0) is 16.5 Å². The van der Waals surface area contributed by atoms with Gasteiger partial charge in [-0.05, 0) is 29.8 Å². The molecule has 4 rings (SSSR count). The topological polar surface area (TPSA) is 46.0 Å². The predicted molar refractivity (Wildman–Crippen MR) is 98.8 cm³/mol. The molecule has 0 spiro atoms. The SMILES string of the molecule is Oc1ccccc1-c1[c-]c(-c2cccc(-c3ccccn3)n2)ccc1.[Ni]. The second kappa shape index (κ2) is 7.94. The minimum atomic E-state index is 0. The van der Waals surface area contributed by atoms with Crippen molar-refractivity contribution in [2.75, 3.05) is 0 Å². The molecular formula is C22H15N2NiO-. The second-order valence-corrected chi connectivity index (χ2v) is 5.62. The van der Waals surface area contributed by atoms with Crippen LogP contribution in [-0.4, -0.2) is 15.1 Å². The molecule has 3 nitrogen and oxygen atoms in total. The Morgan fingerprint density at radius 1 is 0.654 bits per heavy atom. The van der Waals surface area contributed by atoms with Crippen LogP contribution in [0, 0.1) is 6.07 Å². The van der Waals surface area contributed by atoms with Gasteiger partial charge in [-0.1, -0.05) is 42.0 Å². The second-order valence-electron chi connectivity index (χ2n) is 5.62. The molecule has 4 aromatic rings. The van der Waals surface area contributed by atoms with Gasteiger partial charge in [0.1, 0.15) is 0 Å². The molecule has 0 amide bonds. The Kier molecular flexibility index (Phi) is 5.45. The first-order chi connectivity index (χ1) is 12.3. The van der Waals surface area contributed by atoms with E-state index in [1.165, 1.54) is 0 Å². The minimum absolute atomic E-state index is 0. The fraction of sp³-hybridized carbons (Fsp3) is 0. The van der Waals surface area contributed by atoms with Crippen LogP contribution in [0.3, 0.4) is 0 Å². The van der Waals surface area contributed by atoms with E-state index in [9.17, 15) is 5.11 Å². The summed E-state index contributed by atoms with van der Waals surface area (Å²) >= 11 is 0. The molecule has 2 heterocycles. The smallest absolute Gasteiger partial charge is 0.0901 e. The number of nitrogens with zero attached hydrogens (tertiary/aromatic N) is 2. The van der Waals surface area contributed by atoms with Crippen LogP contribution < -0.4 is 0 Å². The number of rotatable bonds is 3. The third-order valence-corrected chi connectivity index (χ3v) is 3.94. The number of hydrogen-bond acceptors (Lipinski definition) is 3. The first kappa shape index (κ1) is 17.8. The molecule has 0 aliphatic heterocycles. The van der Waals surface area contributed by atoms with Gasteiger partial charge in [-0.3, -0.25) is 9.97 Å². The van der Waals surface area contributed by atoms with Gasteiger partial charge in [-0.2, -0.15) is 0 Å². The number of benzene rings is 2. The molecule has 2 aromatic heterocycles. The van der Waals surface area contributed by atoms with E-state index in [0.29, 0.717) is 0 Å². The van der Waals surface area contributed by atoms with Crippen molar-refractivity contribution in [1.82, 2.24) is 9.97 Å². The van der Waals surface area contributed by atoms with Gasteiger partial charge < -0.3 is 5.11 Å². The van der Waals surface area contributed by atoms with E-state index >= 15 is 0 Å². The Bertz CT molecular complexity index is 1020. The monoisotopic (exact) mass is 381 g/mol. The number of phenolic OH excluding ortho intramolecular Hbond substituents is 1. The van der Waals surface area contributed by atoms with Gasteiger partial charge in [0.15, 0.2) is 0 Å². The Balaban J connectivity index is 0.00000196. The van der Waals surface area contributed by atoms with Gasteiger partial charge >= 0.3 is 0 Å². The van der Waals surface area contributed by atoms with E-state index in [1.54, 1.807) is 18.3 Å². The zero-order valence-corrected chi connectivity index (χ0v) is 14.7. The van der Waals surface area contributed by atoms with Gasteiger partial charge in [-0.15, -0.1) is 29.8 Å². The van der Waals surface area contributed by atoms with Crippen LogP contribution in [0.25, 0.3) is 33.8 Å². The van der Waals surface area contributed by atoms with Gasteiger partial charge in [-0.25, -0.2) is 0 Å². The van der Waals surface area contributed by atoms with Crippen molar-refractivity contribution >= 4 is 0 Å². The maximum Gasteiger partial charge on any atom is 0.0901 e. The Morgan fingerprint density at radius 3 is 2.15 bits per heavy atom. The zero-order valence-electron chi connectivity index (χ0n) is 13.7. The summed E-state index contributed by atoms with van der Waals surface area (Å²) in [7, 11) is 0. The molecule has 0 fully saturated rings. The van der Waals surface area contributed by atoms with Crippen LogP contribution in [0.4, 0.5) is 0 Å². The fourth-order valence-electron chi connectivity index (χ4n) is 2.72. The van der Waals surface area contributed by atoms with Crippen molar-refractivity contribution in [3.05, 3.63) is 91.1 Å². The molecule has 0 radical (unpaired) electrons. The molecule has 0 unspecified atom stereocenters. The first-order valence-electron chi connectivity index (χ1n) is 8.01. The van der Waals surface area contributed by atoms with Gasteiger partial charge in [0.25, 0.3) is 0 Å². The summed E-state index contributed by atoms with van der Waals surface area (Å²) in [6, 6.07) is 28.1. The van der Waals surface area contributed by atoms with Crippen LogP contribution in [0.5, 0.6) is 5.75 Å². The number of hydrogen-bond donors (Lipinski definition) is 1. The normalized spacial score (nSPS) is 10.2. The minimum Gasteiger partial charge on any atom is -0.515 e. The van der Waals surface area contributed by atoms with Crippen LogP contribution in [0.15, 0.2) is 85.1 Å². The van der Waals surface area contributed by atoms with E-state index in [-0.39, 0.29) is 22.2 Å². The number of aromatic hydroxyl groups is 1. The van der Waals surface area contributed by atoms with Crippen LogP contribution >= 0.6 is 0 Å². The van der Waals surface area contributed by atoms with Crippen molar-refractivity contribution in [3.8, 4) is 39.5 Å². The summed E-state index contributed by atoms with van der Waals surface area (Å²) in [5, 5.41) is 10.1. The van der Waals surface area contributed by atoms with Gasteiger partial charge in [0, 0.05) is 28.4 Å². The molecule has 2 aromatic carbocycles. The van der Waals surface area contributed by atoms with Crippen LogP contribution in [0.2, 0.25) is 0 Å². The molecule has 0 saturated heterocycles. The van der Waals surface area contributed by atoms with E-state index in [4.69, 9.17) is 4.98 Å². The zero-order chi connectivity index (χ0) is 17.1. The molecule has 26 heavy (non-hydrogen) atoms. The summed E-state index contributed by atoms with van der Waals surface area (Å²) in [5.41, 5.74) is 4.94. The number of para-hydroxylation sites is 1. The Labute approximate surface area is 162 Å². The largest absolute Gasteiger partial charge is 0.515 e. The Morgan fingerprint density at radius 2 is 1.35 bits per heavy atom. The first-order valence-corrected chi connectivity index (χ1v) is 8.01. The van der Waals surface area contributed by atoms with E-state index in [1.807, 2.05) is 66.7 Å². The summed E-state index contributed by atoms with van der Waals surface area (Å²) < 4.78 is 0. The van der Waals surface area contributed by atoms with Crippen molar-refractivity contribution in [2.24, 2.45) is 0 Å². The van der Waals surface area contributed by atoms with Crippen LogP contribution in [0.1, 0.15) is 0 Å². The number of phenols is 1. The molecule has 130 valence electrons. The van der Waals surface area contributed by atoms with Crippen molar-refractivity contribution in [2.45, 2.75) is 0 Å². The quantitative estimate of drug-likeness (QED) is 0.402. The number of pyridine rings is 2. The third kappa shape index (κ3) is 3.66. The van der Waals surface area contributed by atoms with E-state index < -0.39 is 0 Å². The van der Waals surface area contributed by atoms with Gasteiger partial charge in [0.2, 0.25) is 0 Å². The Hall–Kier alpha value is -2.97. The molecule has 0 atom stereocenters. The van der Waals surface area contributed by atoms with E-state index in [0.717, 1.165) is 33.8 Å². The maximum atomic E-state index is 10.1. The molecule has 1 N–H and O–H groups in total. The molecular weight excluding hydrogens is 367 g/mol. The van der Waals surface area contributed by atoms with Crippen molar-refractivity contribution < 1.29 is 21.6 Å². The number of aromatic nitrogens is 2. The standard InChI is InChI=1S/C22H15N2O.Ni/c25-22-13-2-1-9-18(22)16-7-5-8-17(15-16)19-11-6-12-21(24-19)20-10-3-4-14-23-20;/h1-14,25H;/q-1;. The average Bonchev–Trinajstić information content (AvgIpc) is 2.69. The third-order valence-electron chi connectivity index (χ3n) is 3.94. The predicted octanol–water partition coefficient (Wildman–Crippen LogP) is 4.98. The van der Waals surface area contributed by atoms with Crippen molar-refractivity contribution in [3.63, 3.8) is 0 Å². The molecule has 0 aliphatic rings. The summed E-state index contributed by atoms with van der Waals surface area (Å²) in [5.74, 6) is 0.242. The van der Waals surface area contributed by atoms with E-state index in [2.05, 4.69) is 11.1 Å². The summed E-state index contributed by atoms with van der Waals surface area (Å²) in [6.45, 7) is 0. The van der Waals surface area contributed by atoms with Crippen molar-refractivity contribution in [1.29, 1.82) is 0 Å². The molecule has 0 saturated carbocycles. The molecule has 0 aliphatic carbocycles. The maximum absolute atomic E-state index is 10.1. The van der Waals surface area contributed by atoms with Gasteiger partial charge in [0.05, 0.1) is 17.1 Å².